The Morgan fingerprint density at radius 2 is 0.836 bits per heavy atom. The number of fused-ring (bicyclic) bond motifs is 9. The van der Waals surface area contributed by atoms with Crippen LogP contribution in [0.3, 0.4) is 0 Å². The Bertz CT molecular complexity index is 3420. The van der Waals surface area contributed by atoms with Crippen LogP contribution >= 0.6 is 0 Å². The highest BCUT2D eigenvalue weighted by molar-refractivity contribution is 6.13. The SMILES string of the molecule is N#Cc1c(-c2ccccc2-n2c3ccccc3c3cccc(C#N)c32)cccc1-n1c2ccccc2c2ccc(-n3c4ccccc4c4ccccc43)cc21. The Kier molecular flexibility index (Phi) is 6.61. The van der Waals surface area contributed by atoms with Crippen molar-refractivity contribution >= 4 is 65.4 Å². The minimum absolute atomic E-state index is 0.571. The van der Waals surface area contributed by atoms with E-state index in [1.807, 2.05) is 48.5 Å². The first-order valence-electron chi connectivity index (χ1n) is 18.3. The summed E-state index contributed by atoms with van der Waals surface area (Å²) >= 11 is 0. The number of hydrogen-bond donors (Lipinski definition) is 0. The number of benzene rings is 8. The molecule has 0 radical (unpaired) electrons. The summed E-state index contributed by atoms with van der Waals surface area (Å²) in [6.07, 6.45) is 0. The van der Waals surface area contributed by atoms with E-state index in [0.29, 0.717) is 11.1 Å². The molecule has 5 nitrogen and oxygen atoms in total. The summed E-state index contributed by atoms with van der Waals surface area (Å²) in [5.74, 6) is 0. The summed E-state index contributed by atoms with van der Waals surface area (Å²) in [4.78, 5) is 0. The van der Waals surface area contributed by atoms with Crippen LogP contribution in [0.5, 0.6) is 0 Å². The van der Waals surface area contributed by atoms with Crippen LogP contribution in [-0.2, 0) is 0 Å². The molecule has 0 amide bonds. The summed E-state index contributed by atoms with van der Waals surface area (Å²) in [5, 5.41) is 28.2. The van der Waals surface area contributed by atoms with Crippen molar-refractivity contribution in [3.63, 3.8) is 0 Å². The van der Waals surface area contributed by atoms with E-state index in [1.165, 1.54) is 10.8 Å². The number of para-hydroxylation sites is 6. The molecule has 3 aromatic heterocycles. The molecule has 0 saturated heterocycles. The predicted octanol–water partition coefficient (Wildman–Crippen LogP) is 12.4. The molecule has 0 aliphatic carbocycles. The van der Waals surface area contributed by atoms with Crippen LogP contribution in [0.25, 0.3) is 93.6 Å². The zero-order chi connectivity index (χ0) is 36.6. The van der Waals surface area contributed by atoms with Gasteiger partial charge in [-0.25, -0.2) is 0 Å². The third-order valence-corrected chi connectivity index (χ3v) is 11.1. The van der Waals surface area contributed by atoms with E-state index in [1.54, 1.807) is 0 Å². The second-order valence-corrected chi connectivity index (χ2v) is 13.9. The lowest BCUT2D eigenvalue weighted by atomic mass is 9.96. The molecule has 0 bridgehead atoms. The predicted molar refractivity (Wildman–Crippen MR) is 224 cm³/mol. The van der Waals surface area contributed by atoms with Gasteiger partial charge in [0, 0.05) is 49.1 Å². The van der Waals surface area contributed by atoms with Gasteiger partial charge < -0.3 is 13.7 Å². The van der Waals surface area contributed by atoms with Crippen molar-refractivity contribution in [2.75, 3.05) is 0 Å². The van der Waals surface area contributed by atoms with E-state index in [2.05, 4.69) is 153 Å². The first-order valence-corrected chi connectivity index (χ1v) is 18.3. The van der Waals surface area contributed by atoms with Crippen LogP contribution in [0.15, 0.2) is 176 Å². The van der Waals surface area contributed by atoms with Gasteiger partial charge in [-0.1, -0.05) is 121 Å². The number of hydrogen-bond acceptors (Lipinski definition) is 2. The maximum Gasteiger partial charge on any atom is 0.102 e. The third-order valence-electron chi connectivity index (χ3n) is 11.1. The van der Waals surface area contributed by atoms with Crippen LogP contribution in [-0.4, -0.2) is 13.7 Å². The van der Waals surface area contributed by atoms with Crippen LogP contribution in [0, 0.1) is 22.7 Å². The van der Waals surface area contributed by atoms with Gasteiger partial charge in [-0.15, -0.1) is 0 Å². The van der Waals surface area contributed by atoms with E-state index in [0.717, 1.165) is 82.8 Å². The standard InChI is InChI=1S/C50H29N5/c51-30-32-13-11-20-41-39-18-5-10-25-47(39)55(50(32)41)46-24-9-1-14-35(46)34-19-12-26-48(42(34)31-52)54-45-23-8-4-17-38(45)40-28-27-33(29-49(40)54)53-43-21-6-2-15-36(43)37-16-3-7-22-44(37)53/h1-29H. The zero-order valence-corrected chi connectivity index (χ0v) is 29.5. The minimum Gasteiger partial charge on any atom is -0.309 e. The Labute approximate surface area is 316 Å². The largest absolute Gasteiger partial charge is 0.309 e. The Morgan fingerprint density at radius 1 is 0.345 bits per heavy atom. The molecule has 8 aromatic carbocycles. The molecule has 0 N–H and O–H groups in total. The fourth-order valence-electron chi connectivity index (χ4n) is 8.88. The van der Waals surface area contributed by atoms with E-state index in [4.69, 9.17) is 0 Å². The Morgan fingerprint density at radius 3 is 1.49 bits per heavy atom. The van der Waals surface area contributed by atoms with Gasteiger partial charge in [0.15, 0.2) is 0 Å². The first-order chi connectivity index (χ1) is 27.2. The van der Waals surface area contributed by atoms with Crippen molar-refractivity contribution in [3.8, 4) is 40.3 Å². The van der Waals surface area contributed by atoms with Gasteiger partial charge in [-0.2, -0.15) is 10.5 Å². The second kappa shape index (κ2) is 11.8. The lowest BCUT2D eigenvalue weighted by molar-refractivity contribution is 1.15. The first kappa shape index (κ1) is 30.7. The van der Waals surface area contributed by atoms with Crippen molar-refractivity contribution in [1.29, 1.82) is 10.5 Å². The molecule has 0 aliphatic heterocycles. The van der Waals surface area contributed by atoms with Crippen molar-refractivity contribution < 1.29 is 0 Å². The van der Waals surface area contributed by atoms with Crippen molar-refractivity contribution in [1.82, 2.24) is 13.7 Å². The topological polar surface area (TPSA) is 62.4 Å². The highest BCUT2D eigenvalue weighted by atomic mass is 15.0. The highest BCUT2D eigenvalue weighted by Gasteiger charge is 2.22. The number of nitrogens with zero attached hydrogens (tertiary/aromatic N) is 5. The molecule has 11 rings (SSSR count). The number of nitriles is 2. The summed E-state index contributed by atoms with van der Waals surface area (Å²) < 4.78 is 6.77. The molecule has 3 heterocycles. The number of rotatable bonds is 4. The molecule has 0 atom stereocenters. The quantitative estimate of drug-likeness (QED) is 0.184. The minimum atomic E-state index is 0.571. The maximum absolute atomic E-state index is 11.2. The third kappa shape index (κ3) is 4.33. The average molecular weight is 700 g/mol. The lowest BCUT2D eigenvalue weighted by Gasteiger charge is -2.18. The molecule has 0 saturated carbocycles. The van der Waals surface area contributed by atoms with E-state index < -0.39 is 0 Å². The molecule has 0 spiro atoms. The van der Waals surface area contributed by atoms with Crippen molar-refractivity contribution in [3.05, 3.63) is 187 Å². The van der Waals surface area contributed by atoms with Gasteiger partial charge in [-0.05, 0) is 54.6 Å². The van der Waals surface area contributed by atoms with Gasteiger partial charge in [0.1, 0.15) is 12.1 Å². The van der Waals surface area contributed by atoms with Crippen LogP contribution in [0.4, 0.5) is 0 Å². The van der Waals surface area contributed by atoms with Crippen LogP contribution in [0.2, 0.25) is 0 Å². The van der Waals surface area contributed by atoms with Gasteiger partial charge in [0.05, 0.1) is 55.6 Å². The van der Waals surface area contributed by atoms with Gasteiger partial charge >= 0.3 is 0 Å². The molecular weight excluding hydrogens is 671 g/mol. The normalized spacial score (nSPS) is 11.6. The van der Waals surface area contributed by atoms with Gasteiger partial charge in [0.25, 0.3) is 0 Å². The molecule has 55 heavy (non-hydrogen) atoms. The number of aromatic nitrogens is 3. The summed E-state index contributed by atoms with van der Waals surface area (Å²) in [7, 11) is 0. The fourth-order valence-corrected chi connectivity index (χ4v) is 8.88. The van der Waals surface area contributed by atoms with Gasteiger partial charge in [0.2, 0.25) is 0 Å². The zero-order valence-electron chi connectivity index (χ0n) is 29.5. The molecular formula is C50H29N5. The fraction of sp³-hybridized carbons (Fsp3) is 0. The molecule has 0 unspecified atom stereocenters. The average Bonchev–Trinajstić information content (AvgIpc) is 3.89. The lowest BCUT2D eigenvalue weighted by Crippen LogP contribution is -2.03. The highest BCUT2D eigenvalue weighted by Crippen LogP contribution is 2.41. The molecule has 254 valence electrons. The van der Waals surface area contributed by atoms with E-state index in [-0.39, 0.29) is 0 Å². The van der Waals surface area contributed by atoms with E-state index >= 15 is 0 Å². The molecule has 11 aromatic rings. The van der Waals surface area contributed by atoms with Crippen LogP contribution < -0.4 is 0 Å². The molecule has 5 heteroatoms. The van der Waals surface area contributed by atoms with Gasteiger partial charge in [-0.3, -0.25) is 0 Å². The Hall–Kier alpha value is -7.86. The molecule has 0 aliphatic rings. The van der Waals surface area contributed by atoms with Crippen molar-refractivity contribution in [2.24, 2.45) is 0 Å². The smallest absolute Gasteiger partial charge is 0.102 e. The second-order valence-electron chi connectivity index (χ2n) is 13.9. The van der Waals surface area contributed by atoms with E-state index in [9.17, 15) is 10.5 Å². The summed E-state index contributed by atoms with van der Waals surface area (Å²) in [6.45, 7) is 0. The van der Waals surface area contributed by atoms with Crippen molar-refractivity contribution in [2.45, 2.75) is 0 Å². The summed E-state index contributed by atoms with van der Waals surface area (Å²) in [5.41, 5.74) is 11.8. The van der Waals surface area contributed by atoms with Crippen LogP contribution in [0.1, 0.15) is 11.1 Å². The Balaban J connectivity index is 1.19. The maximum atomic E-state index is 11.2. The summed E-state index contributed by atoms with van der Waals surface area (Å²) in [6, 6.07) is 65.8. The molecule has 0 fully saturated rings. The monoisotopic (exact) mass is 699 g/mol.